The fourth-order valence-corrected chi connectivity index (χ4v) is 4.96. The molecular weight excluding hydrogens is 376 g/mol. The van der Waals surface area contributed by atoms with Gasteiger partial charge in [0.1, 0.15) is 5.82 Å². The van der Waals surface area contributed by atoms with Crippen LogP contribution in [0.25, 0.3) is 10.9 Å². The van der Waals surface area contributed by atoms with Gasteiger partial charge in [-0.25, -0.2) is 18.1 Å². The van der Waals surface area contributed by atoms with Crippen LogP contribution in [0.2, 0.25) is 0 Å². The molecule has 28 heavy (non-hydrogen) atoms. The molecule has 2 aliphatic heterocycles. The van der Waals surface area contributed by atoms with Crippen molar-refractivity contribution in [3.8, 4) is 0 Å². The van der Waals surface area contributed by atoms with Gasteiger partial charge in [0, 0.05) is 37.6 Å². The van der Waals surface area contributed by atoms with Gasteiger partial charge in [-0.15, -0.1) is 0 Å². The van der Waals surface area contributed by atoms with Crippen molar-refractivity contribution >= 4 is 32.7 Å². The Morgan fingerprint density at radius 3 is 2.64 bits per heavy atom. The SMILES string of the molecule is CS(=O)(=O)NC1CCCN(C(=O)c2cc3ccccc3nc2N2CCCC2)C1. The van der Waals surface area contributed by atoms with Gasteiger partial charge >= 0.3 is 0 Å². The first-order valence-electron chi connectivity index (χ1n) is 9.82. The van der Waals surface area contributed by atoms with E-state index in [0.29, 0.717) is 18.7 Å². The lowest BCUT2D eigenvalue weighted by molar-refractivity contribution is 0.0703. The number of anilines is 1. The average molecular weight is 403 g/mol. The van der Waals surface area contributed by atoms with E-state index in [2.05, 4.69) is 9.62 Å². The molecule has 1 atom stereocenters. The summed E-state index contributed by atoms with van der Waals surface area (Å²) in [7, 11) is -3.30. The predicted molar refractivity (Wildman–Crippen MR) is 110 cm³/mol. The second-order valence-corrected chi connectivity index (χ2v) is 9.51. The number of sulfonamides is 1. The van der Waals surface area contributed by atoms with Crippen LogP contribution in [0.5, 0.6) is 0 Å². The van der Waals surface area contributed by atoms with Crippen LogP contribution >= 0.6 is 0 Å². The fraction of sp³-hybridized carbons (Fsp3) is 0.500. The van der Waals surface area contributed by atoms with E-state index in [1.165, 1.54) is 0 Å². The highest BCUT2D eigenvalue weighted by Gasteiger charge is 2.29. The molecule has 2 saturated heterocycles. The Balaban J connectivity index is 1.66. The summed E-state index contributed by atoms with van der Waals surface area (Å²) in [5, 5.41) is 0.941. The number of nitrogens with one attached hydrogen (secondary N) is 1. The number of aromatic nitrogens is 1. The smallest absolute Gasteiger partial charge is 0.257 e. The molecule has 8 heteroatoms. The maximum Gasteiger partial charge on any atom is 0.257 e. The molecule has 1 amide bonds. The van der Waals surface area contributed by atoms with Crippen molar-refractivity contribution in [1.82, 2.24) is 14.6 Å². The summed E-state index contributed by atoms with van der Waals surface area (Å²) >= 11 is 0. The molecule has 2 aliphatic rings. The minimum absolute atomic E-state index is 0.0693. The Kier molecular flexibility index (Phi) is 5.25. The number of carbonyl (C=O) groups excluding carboxylic acids is 1. The number of nitrogens with zero attached hydrogens (tertiary/aromatic N) is 3. The predicted octanol–water partition coefficient (Wildman–Crippen LogP) is 1.99. The van der Waals surface area contributed by atoms with Crippen LogP contribution in [0.1, 0.15) is 36.0 Å². The molecule has 4 rings (SSSR count). The molecule has 0 aliphatic carbocycles. The van der Waals surface area contributed by atoms with E-state index in [0.717, 1.165) is 61.7 Å². The molecule has 0 spiro atoms. The van der Waals surface area contributed by atoms with Crippen LogP contribution in [0.15, 0.2) is 30.3 Å². The van der Waals surface area contributed by atoms with E-state index in [4.69, 9.17) is 4.98 Å². The number of hydrogen-bond acceptors (Lipinski definition) is 5. The lowest BCUT2D eigenvalue weighted by Gasteiger charge is -2.33. The van der Waals surface area contributed by atoms with Gasteiger partial charge in [-0.3, -0.25) is 4.79 Å². The number of pyridine rings is 1. The monoisotopic (exact) mass is 402 g/mol. The third-order valence-corrected chi connectivity index (χ3v) is 6.19. The van der Waals surface area contributed by atoms with Crippen molar-refractivity contribution in [2.75, 3.05) is 37.3 Å². The number of para-hydroxylation sites is 1. The summed E-state index contributed by atoms with van der Waals surface area (Å²) in [6.45, 7) is 2.83. The van der Waals surface area contributed by atoms with Gasteiger partial charge in [0.25, 0.3) is 5.91 Å². The van der Waals surface area contributed by atoms with Crippen LogP contribution in [-0.2, 0) is 10.0 Å². The Morgan fingerprint density at radius 2 is 1.89 bits per heavy atom. The third-order valence-electron chi connectivity index (χ3n) is 5.43. The molecule has 3 heterocycles. The van der Waals surface area contributed by atoms with Crippen molar-refractivity contribution in [2.45, 2.75) is 31.7 Å². The van der Waals surface area contributed by atoms with E-state index in [1.807, 2.05) is 30.3 Å². The maximum atomic E-state index is 13.4. The van der Waals surface area contributed by atoms with Gasteiger partial charge in [-0.1, -0.05) is 18.2 Å². The van der Waals surface area contributed by atoms with Crippen LogP contribution in [-0.4, -0.2) is 62.7 Å². The number of carbonyl (C=O) groups is 1. The highest BCUT2D eigenvalue weighted by Crippen LogP contribution is 2.28. The summed E-state index contributed by atoms with van der Waals surface area (Å²) in [6, 6.07) is 9.53. The van der Waals surface area contributed by atoms with Crippen LogP contribution < -0.4 is 9.62 Å². The number of benzene rings is 1. The van der Waals surface area contributed by atoms with Crippen LogP contribution in [0.3, 0.4) is 0 Å². The molecular formula is C20H26N4O3S. The van der Waals surface area contributed by atoms with E-state index < -0.39 is 10.0 Å². The third kappa shape index (κ3) is 4.12. The first-order chi connectivity index (χ1) is 13.4. The Bertz CT molecular complexity index is 986. The van der Waals surface area contributed by atoms with E-state index in [-0.39, 0.29) is 11.9 Å². The molecule has 1 aromatic heterocycles. The number of amides is 1. The highest BCUT2D eigenvalue weighted by molar-refractivity contribution is 7.88. The molecule has 2 fully saturated rings. The second-order valence-electron chi connectivity index (χ2n) is 7.73. The summed E-state index contributed by atoms with van der Waals surface area (Å²) in [5.41, 5.74) is 1.50. The van der Waals surface area contributed by atoms with Gasteiger partial charge < -0.3 is 9.80 Å². The van der Waals surface area contributed by atoms with Gasteiger partial charge in [0.2, 0.25) is 10.0 Å². The minimum Gasteiger partial charge on any atom is -0.356 e. The van der Waals surface area contributed by atoms with Crippen molar-refractivity contribution in [2.24, 2.45) is 0 Å². The maximum absolute atomic E-state index is 13.4. The number of likely N-dealkylation sites (tertiary alicyclic amines) is 1. The zero-order valence-corrected chi connectivity index (χ0v) is 16.9. The summed E-state index contributed by atoms with van der Waals surface area (Å²) < 4.78 is 25.8. The topological polar surface area (TPSA) is 82.6 Å². The zero-order valence-electron chi connectivity index (χ0n) is 16.1. The highest BCUT2D eigenvalue weighted by atomic mass is 32.2. The van der Waals surface area contributed by atoms with Gasteiger partial charge in [0.05, 0.1) is 17.3 Å². The quantitative estimate of drug-likeness (QED) is 0.846. The Hall–Kier alpha value is -2.19. The van der Waals surface area contributed by atoms with Crippen molar-refractivity contribution in [3.63, 3.8) is 0 Å². The molecule has 1 unspecified atom stereocenters. The van der Waals surface area contributed by atoms with Crippen LogP contribution in [0.4, 0.5) is 5.82 Å². The average Bonchev–Trinajstić information content (AvgIpc) is 3.20. The first-order valence-corrected chi connectivity index (χ1v) is 11.7. The van der Waals surface area contributed by atoms with Crippen LogP contribution in [0, 0.1) is 0 Å². The molecule has 1 N–H and O–H groups in total. The molecule has 7 nitrogen and oxygen atoms in total. The fourth-order valence-electron chi connectivity index (χ4n) is 4.16. The first kappa shape index (κ1) is 19.1. The lowest BCUT2D eigenvalue weighted by atomic mass is 10.0. The van der Waals surface area contributed by atoms with Gasteiger partial charge in [-0.05, 0) is 37.8 Å². The standard InChI is InChI=1S/C20H26N4O3S/c1-28(26,27)22-16-8-6-12-24(14-16)20(25)17-13-15-7-2-3-9-18(15)21-19(17)23-10-4-5-11-23/h2-3,7,9,13,16,22H,4-6,8,10-12,14H2,1H3. The largest absolute Gasteiger partial charge is 0.356 e. The molecule has 150 valence electrons. The zero-order chi connectivity index (χ0) is 19.7. The second kappa shape index (κ2) is 7.67. The summed E-state index contributed by atoms with van der Waals surface area (Å²) in [5.74, 6) is 0.680. The summed E-state index contributed by atoms with van der Waals surface area (Å²) in [4.78, 5) is 22.2. The minimum atomic E-state index is -3.30. The Labute approximate surface area is 165 Å². The molecule has 2 aromatic rings. The van der Waals surface area contributed by atoms with E-state index in [1.54, 1.807) is 4.90 Å². The summed E-state index contributed by atoms with van der Waals surface area (Å²) in [6.07, 6.45) is 4.88. The van der Waals surface area contributed by atoms with Gasteiger partial charge in [-0.2, -0.15) is 0 Å². The number of piperidine rings is 1. The van der Waals surface area contributed by atoms with Crippen molar-refractivity contribution in [3.05, 3.63) is 35.9 Å². The van der Waals surface area contributed by atoms with Gasteiger partial charge in [0.15, 0.2) is 0 Å². The molecule has 0 saturated carbocycles. The normalized spacial score (nSPS) is 20.7. The number of rotatable bonds is 4. The number of fused-ring (bicyclic) bond motifs is 1. The molecule has 0 bridgehead atoms. The molecule has 0 radical (unpaired) electrons. The van der Waals surface area contributed by atoms with Crippen molar-refractivity contribution < 1.29 is 13.2 Å². The lowest BCUT2D eigenvalue weighted by Crippen LogP contribution is -2.49. The number of hydrogen-bond donors (Lipinski definition) is 1. The molecule has 1 aromatic carbocycles. The Morgan fingerprint density at radius 1 is 1.14 bits per heavy atom. The van der Waals surface area contributed by atoms with E-state index in [9.17, 15) is 13.2 Å². The van der Waals surface area contributed by atoms with E-state index >= 15 is 0 Å². The van der Waals surface area contributed by atoms with Crippen molar-refractivity contribution in [1.29, 1.82) is 0 Å².